The molecule has 2 heterocycles. The van der Waals surface area contributed by atoms with Crippen LogP contribution in [0.3, 0.4) is 0 Å². The monoisotopic (exact) mass is 315 g/mol. The van der Waals surface area contributed by atoms with Crippen molar-refractivity contribution in [1.82, 2.24) is 10.6 Å². The summed E-state index contributed by atoms with van der Waals surface area (Å²) in [5.74, 6) is 0.789. The summed E-state index contributed by atoms with van der Waals surface area (Å²) in [6.07, 6.45) is 5.16. The molecule has 3 N–H and O–H groups in total. The van der Waals surface area contributed by atoms with Gasteiger partial charge in [0.1, 0.15) is 0 Å². The van der Waals surface area contributed by atoms with Crippen molar-refractivity contribution in [2.75, 3.05) is 25.0 Å². The van der Waals surface area contributed by atoms with Gasteiger partial charge in [0.15, 0.2) is 0 Å². The Morgan fingerprint density at radius 2 is 2.26 bits per heavy atom. The Labute approximate surface area is 137 Å². The molecular weight excluding hydrogens is 290 g/mol. The van der Waals surface area contributed by atoms with Gasteiger partial charge in [-0.25, -0.2) is 0 Å². The molecule has 1 aromatic carbocycles. The molecule has 0 spiro atoms. The number of carbonyl (C=O) groups is 2. The van der Waals surface area contributed by atoms with Crippen molar-refractivity contribution in [3.05, 3.63) is 29.3 Å². The average molecular weight is 315 g/mol. The fourth-order valence-corrected chi connectivity index (χ4v) is 3.34. The number of rotatable bonds is 6. The van der Waals surface area contributed by atoms with Gasteiger partial charge in [-0.3, -0.25) is 9.59 Å². The second-order valence-corrected chi connectivity index (χ2v) is 6.59. The Morgan fingerprint density at radius 1 is 1.35 bits per heavy atom. The van der Waals surface area contributed by atoms with Crippen LogP contribution in [0.5, 0.6) is 0 Å². The van der Waals surface area contributed by atoms with E-state index in [0.717, 1.165) is 43.7 Å². The Morgan fingerprint density at radius 3 is 3.09 bits per heavy atom. The second-order valence-electron chi connectivity index (χ2n) is 6.59. The van der Waals surface area contributed by atoms with E-state index in [1.54, 1.807) is 0 Å². The Hall–Kier alpha value is -1.88. The van der Waals surface area contributed by atoms with E-state index >= 15 is 0 Å². The zero-order valence-electron chi connectivity index (χ0n) is 13.5. The van der Waals surface area contributed by atoms with Gasteiger partial charge in [0, 0.05) is 18.7 Å². The molecule has 1 unspecified atom stereocenters. The van der Waals surface area contributed by atoms with Gasteiger partial charge < -0.3 is 16.0 Å². The van der Waals surface area contributed by atoms with Gasteiger partial charge in [-0.2, -0.15) is 0 Å². The molecule has 1 atom stereocenters. The third kappa shape index (κ3) is 4.55. The molecule has 5 heteroatoms. The number of nitrogens with one attached hydrogen (secondary N) is 3. The summed E-state index contributed by atoms with van der Waals surface area (Å²) in [6.45, 7) is 2.91. The summed E-state index contributed by atoms with van der Waals surface area (Å²) in [5.41, 5.74) is 3.20. The number of amides is 2. The van der Waals surface area contributed by atoms with Crippen LogP contribution in [0, 0.1) is 5.92 Å². The number of anilines is 1. The van der Waals surface area contributed by atoms with Crippen molar-refractivity contribution < 1.29 is 9.59 Å². The van der Waals surface area contributed by atoms with Crippen molar-refractivity contribution in [2.24, 2.45) is 5.92 Å². The average Bonchev–Trinajstić information content (AvgIpc) is 2.93. The predicted octanol–water partition coefficient (Wildman–Crippen LogP) is 1.62. The lowest BCUT2D eigenvalue weighted by Gasteiger charge is -2.22. The molecule has 1 fully saturated rings. The lowest BCUT2D eigenvalue weighted by molar-refractivity contribution is -0.121. The molecule has 0 aliphatic carbocycles. The van der Waals surface area contributed by atoms with Crippen molar-refractivity contribution in [3.8, 4) is 0 Å². The number of piperidine rings is 1. The smallest absolute Gasteiger partial charge is 0.228 e. The Balaban J connectivity index is 1.37. The summed E-state index contributed by atoms with van der Waals surface area (Å²) in [5, 5.41) is 9.26. The van der Waals surface area contributed by atoms with E-state index in [0.29, 0.717) is 18.8 Å². The van der Waals surface area contributed by atoms with E-state index in [-0.39, 0.29) is 11.8 Å². The van der Waals surface area contributed by atoms with Crippen LogP contribution in [-0.2, 0) is 22.4 Å². The Bertz CT molecular complexity index is 580. The number of hydrogen-bond donors (Lipinski definition) is 3. The number of fused-ring (bicyclic) bond motifs is 1. The first kappa shape index (κ1) is 16.0. The third-order valence-electron chi connectivity index (χ3n) is 4.65. The minimum atomic E-state index is 0.0636. The molecule has 5 nitrogen and oxygen atoms in total. The predicted molar refractivity (Wildman–Crippen MR) is 90.3 cm³/mol. The summed E-state index contributed by atoms with van der Waals surface area (Å²) >= 11 is 0. The third-order valence-corrected chi connectivity index (χ3v) is 4.65. The number of hydrogen-bond acceptors (Lipinski definition) is 3. The lowest BCUT2D eigenvalue weighted by Crippen LogP contribution is -2.38. The van der Waals surface area contributed by atoms with Crippen molar-refractivity contribution >= 4 is 17.5 Å². The van der Waals surface area contributed by atoms with E-state index in [4.69, 9.17) is 0 Å². The summed E-state index contributed by atoms with van der Waals surface area (Å²) < 4.78 is 0. The van der Waals surface area contributed by atoms with Crippen LogP contribution in [0.4, 0.5) is 5.69 Å². The van der Waals surface area contributed by atoms with Gasteiger partial charge in [-0.15, -0.1) is 0 Å². The normalized spacial score (nSPS) is 20.0. The first-order chi connectivity index (χ1) is 11.2. The molecular formula is C18H25N3O2. The fourth-order valence-electron chi connectivity index (χ4n) is 3.34. The second kappa shape index (κ2) is 7.59. The van der Waals surface area contributed by atoms with Gasteiger partial charge in [-0.1, -0.05) is 12.1 Å². The van der Waals surface area contributed by atoms with Crippen LogP contribution in [0.2, 0.25) is 0 Å². The van der Waals surface area contributed by atoms with Crippen LogP contribution in [0.15, 0.2) is 18.2 Å². The van der Waals surface area contributed by atoms with E-state index in [1.807, 2.05) is 12.1 Å². The highest BCUT2D eigenvalue weighted by atomic mass is 16.2. The Kier molecular flexibility index (Phi) is 5.28. The van der Waals surface area contributed by atoms with Gasteiger partial charge in [0.25, 0.3) is 0 Å². The maximum absolute atomic E-state index is 11.9. The van der Waals surface area contributed by atoms with Crippen molar-refractivity contribution in [1.29, 1.82) is 0 Å². The van der Waals surface area contributed by atoms with Crippen LogP contribution >= 0.6 is 0 Å². The van der Waals surface area contributed by atoms with Crippen LogP contribution in [-0.4, -0.2) is 31.4 Å². The standard InChI is InChI=1S/C18H25N3O2/c22-17(20-12-14-4-2-8-19-11-14)5-1-3-13-6-7-16-15(9-13)10-18(23)21-16/h6-7,9,14,19H,1-5,8,10-12H2,(H,20,22)(H,21,23). The molecule has 1 aromatic rings. The molecule has 2 aliphatic rings. The number of carbonyl (C=O) groups excluding carboxylic acids is 2. The molecule has 0 bridgehead atoms. The molecule has 0 radical (unpaired) electrons. The fraction of sp³-hybridized carbons (Fsp3) is 0.556. The zero-order chi connectivity index (χ0) is 16.1. The number of benzene rings is 1. The largest absolute Gasteiger partial charge is 0.356 e. The quantitative estimate of drug-likeness (QED) is 0.747. The highest BCUT2D eigenvalue weighted by Gasteiger charge is 2.17. The highest BCUT2D eigenvalue weighted by molar-refractivity contribution is 5.99. The van der Waals surface area contributed by atoms with Gasteiger partial charge >= 0.3 is 0 Å². The maximum Gasteiger partial charge on any atom is 0.228 e. The van der Waals surface area contributed by atoms with E-state index in [1.165, 1.54) is 18.4 Å². The van der Waals surface area contributed by atoms with Crippen LogP contribution in [0.1, 0.15) is 36.8 Å². The molecule has 23 heavy (non-hydrogen) atoms. The van der Waals surface area contributed by atoms with Gasteiger partial charge in [-0.05, 0) is 61.9 Å². The van der Waals surface area contributed by atoms with Gasteiger partial charge in [0.2, 0.25) is 11.8 Å². The first-order valence-corrected chi connectivity index (χ1v) is 8.60. The molecule has 3 rings (SSSR count). The maximum atomic E-state index is 11.9. The summed E-state index contributed by atoms with van der Waals surface area (Å²) in [7, 11) is 0. The molecule has 2 amide bonds. The van der Waals surface area contributed by atoms with E-state index in [9.17, 15) is 9.59 Å². The molecule has 0 aromatic heterocycles. The molecule has 0 saturated carbocycles. The lowest BCUT2D eigenvalue weighted by atomic mass is 9.99. The first-order valence-electron chi connectivity index (χ1n) is 8.60. The minimum absolute atomic E-state index is 0.0636. The SMILES string of the molecule is O=C(CCCc1ccc2c(c1)CC(=O)N2)NCC1CCCNC1. The van der Waals surface area contributed by atoms with Crippen molar-refractivity contribution in [3.63, 3.8) is 0 Å². The van der Waals surface area contributed by atoms with Gasteiger partial charge in [0.05, 0.1) is 6.42 Å². The molecule has 1 saturated heterocycles. The molecule has 124 valence electrons. The van der Waals surface area contributed by atoms with Crippen LogP contribution in [0.25, 0.3) is 0 Å². The van der Waals surface area contributed by atoms with E-state index < -0.39 is 0 Å². The highest BCUT2D eigenvalue weighted by Crippen LogP contribution is 2.24. The van der Waals surface area contributed by atoms with E-state index in [2.05, 4.69) is 22.0 Å². The number of aryl methyl sites for hydroxylation is 1. The summed E-state index contributed by atoms with van der Waals surface area (Å²) in [4.78, 5) is 23.3. The summed E-state index contributed by atoms with van der Waals surface area (Å²) in [6, 6.07) is 6.08. The van der Waals surface area contributed by atoms with Crippen molar-refractivity contribution in [2.45, 2.75) is 38.5 Å². The zero-order valence-corrected chi connectivity index (χ0v) is 13.5. The molecule has 2 aliphatic heterocycles. The minimum Gasteiger partial charge on any atom is -0.356 e. The topological polar surface area (TPSA) is 70.2 Å². The van der Waals surface area contributed by atoms with Crippen LogP contribution < -0.4 is 16.0 Å².